The predicted molar refractivity (Wildman–Crippen MR) is 66.1 cm³/mol. The fourth-order valence-corrected chi connectivity index (χ4v) is 2.28. The Morgan fingerprint density at radius 2 is 2.39 bits per heavy atom. The maximum Gasteiger partial charge on any atom is 0.328 e. The van der Waals surface area contributed by atoms with Crippen molar-refractivity contribution in [3.05, 3.63) is 23.4 Å². The van der Waals surface area contributed by atoms with E-state index in [0.717, 1.165) is 25.1 Å². The van der Waals surface area contributed by atoms with Crippen LogP contribution in [-0.4, -0.2) is 30.6 Å². The number of anilines is 1. The van der Waals surface area contributed by atoms with Gasteiger partial charge in [-0.05, 0) is 31.9 Å². The summed E-state index contributed by atoms with van der Waals surface area (Å²) in [6.45, 7) is 2.61. The van der Waals surface area contributed by atoms with Crippen LogP contribution in [0.15, 0.2) is 12.1 Å². The standard InChI is InChI=1S/C13H15N3O2/c1-9-6-10(8-14)7-12(15-9)16-5-3-4-11(16)13(17)18-2/h6-7,11H,3-5H2,1-2H3. The van der Waals surface area contributed by atoms with Gasteiger partial charge in [0.05, 0.1) is 18.7 Å². The van der Waals surface area contributed by atoms with Gasteiger partial charge in [0.15, 0.2) is 0 Å². The van der Waals surface area contributed by atoms with Crippen molar-refractivity contribution >= 4 is 11.8 Å². The summed E-state index contributed by atoms with van der Waals surface area (Å²) in [4.78, 5) is 18.0. The topological polar surface area (TPSA) is 66.2 Å². The van der Waals surface area contributed by atoms with Gasteiger partial charge in [-0.3, -0.25) is 0 Å². The first kappa shape index (κ1) is 12.4. The van der Waals surface area contributed by atoms with Crippen LogP contribution in [0.5, 0.6) is 0 Å². The van der Waals surface area contributed by atoms with Crippen molar-refractivity contribution in [1.29, 1.82) is 5.26 Å². The van der Waals surface area contributed by atoms with Gasteiger partial charge in [0.1, 0.15) is 11.9 Å². The van der Waals surface area contributed by atoms with Crippen molar-refractivity contribution in [2.45, 2.75) is 25.8 Å². The Bertz CT molecular complexity index is 507. The highest BCUT2D eigenvalue weighted by Gasteiger charge is 2.32. The third kappa shape index (κ3) is 2.28. The van der Waals surface area contributed by atoms with E-state index in [9.17, 15) is 4.79 Å². The summed E-state index contributed by atoms with van der Waals surface area (Å²) in [5.41, 5.74) is 1.34. The number of carbonyl (C=O) groups is 1. The Labute approximate surface area is 106 Å². The maximum absolute atomic E-state index is 11.7. The molecule has 1 fully saturated rings. The second kappa shape index (κ2) is 5.05. The third-order valence-corrected chi connectivity index (χ3v) is 3.09. The molecule has 1 aliphatic rings. The molecule has 0 aromatic carbocycles. The SMILES string of the molecule is COC(=O)C1CCCN1c1cc(C#N)cc(C)n1. The van der Waals surface area contributed by atoms with Crippen LogP contribution >= 0.6 is 0 Å². The summed E-state index contributed by atoms with van der Waals surface area (Å²) in [6, 6.07) is 5.27. The molecule has 18 heavy (non-hydrogen) atoms. The minimum absolute atomic E-state index is 0.241. The van der Waals surface area contributed by atoms with Gasteiger partial charge in [-0.25, -0.2) is 9.78 Å². The minimum atomic E-state index is -0.282. The molecule has 1 aliphatic heterocycles. The van der Waals surface area contributed by atoms with Crippen molar-refractivity contribution in [3.8, 4) is 6.07 Å². The van der Waals surface area contributed by atoms with E-state index in [2.05, 4.69) is 11.1 Å². The Morgan fingerprint density at radius 3 is 3.06 bits per heavy atom. The summed E-state index contributed by atoms with van der Waals surface area (Å²) in [6.07, 6.45) is 1.70. The zero-order valence-corrected chi connectivity index (χ0v) is 10.5. The monoisotopic (exact) mass is 245 g/mol. The number of aromatic nitrogens is 1. The highest BCUT2D eigenvalue weighted by Crippen LogP contribution is 2.25. The lowest BCUT2D eigenvalue weighted by atomic mass is 10.2. The first-order valence-corrected chi connectivity index (χ1v) is 5.89. The van der Waals surface area contributed by atoms with Crippen LogP contribution in [0.25, 0.3) is 0 Å². The molecule has 0 aliphatic carbocycles. The third-order valence-electron chi connectivity index (χ3n) is 3.09. The van der Waals surface area contributed by atoms with Gasteiger partial charge >= 0.3 is 5.97 Å². The number of carbonyl (C=O) groups excluding carboxylic acids is 1. The summed E-state index contributed by atoms with van der Waals surface area (Å²) in [7, 11) is 1.39. The maximum atomic E-state index is 11.7. The highest BCUT2D eigenvalue weighted by atomic mass is 16.5. The molecular weight excluding hydrogens is 230 g/mol. The van der Waals surface area contributed by atoms with Gasteiger partial charge in [-0.15, -0.1) is 0 Å². The van der Waals surface area contributed by atoms with Crippen LogP contribution in [0.2, 0.25) is 0 Å². The van der Waals surface area contributed by atoms with Gasteiger partial charge in [-0.1, -0.05) is 0 Å². The van der Waals surface area contributed by atoms with Crippen molar-refractivity contribution in [3.63, 3.8) is 0 Å². The Hall–Kier alpha value is -2.09. The van der Waals surface area contributed by atoms with Gasteiger partial charge in [0.25, 0.3) is 0 Å². The lowest BCUT2D eigenvalue weighted by Gasteiger charge is -2.24. The summed E-state index contributed by atoms with van der Waals surface area (Å²) in [5, 5.41) is 8.96. The molecule has 1 aromatic rings. The molecular formula is C13H15N3O2. The number of methoxy groups -OCH3 is 1. The quantitative estimate of drug-likeness (QED) is 0.737. The van der Waals surface area contributed by atoms with Crippen LogP contribution < -0.4 is 4.90 Å². The van der Waals surface area contributed by atoms with Crippen molar-refractivity contribution in [2.75, 3.05) is 18.6 Å². The molecule has 5 nitrogen and oxygen atoms in total. The summed E-state index contributed by atoms with van der Waals surface area (Å²) < 4.78 is 4.80. The number of esters is 1. The van der Waals surface area contributed by atoms with E-state index in [-0.39, 0.29) is 12.0 Å². The first-order chi connectivity index (χ1) is 8.65. The average Bonchev–Trinajstić information content (AvgIpc) is 2.86. The number of aryl methyl sites for hydroxylation is 1. The fraction of sp³-hybridized carbons (Fsp3) is 0.462. The lowest BCUT2D eigenvalue weighted by Crippen LogP contribution is -2.37. The molecule has 1 aromatic heterocycles. The van der Waals surface area contributed by atoms with E-state index < -0.39 is 0 Å². The van der Waals surface area contributed by atoms with Gasteiger partial charge in [-0.2, -0.15) is 5.26 Å². The second-order valence-electron chi connectivity index (χ2n) is 4.34. The van der Waals surface area contributed by atoms with Crippen molar-refractivity contribution < 1.29 is 9.53 Å². The van der Waals surface area contributed by atoms with Gasteiger partial charge in [0, 0.05) is 12.2 Å². The Balaban J connectivity index is 2.33. The summed E-state index contributed by atoms with van der Waals surface area (Å²) >= 11 is 0. The van der Waals surface area contributed by atoms with E-state index in [4.69, 9.17) is 10.00 Å². The van der Waals surface area contributed by atoms with Crippen molar-refractivity contribution in [1.82, 2.24) is 4.98 Å². The van der Waals surface area contributed by atoms with Crippen LogP contribution in [-0.2, 0) is 9.53 Å². The van der Waals surface area contributed by atoms with Crippen LogP contribution in [0.3, 0.4) is 0 Å². The Morgan fingerprint density at radius 1 is 1.61 bits per heavy atom. The van der Waals surface area contributed by atoms with Crippen LogP contribution in [0.4, 0.5) is 5.82 Å². The molecule has 1 atom stereocenters. The highest BCUT2D eigenvalue weighted by molar-refractivity contribution is 5.80. The normalized spacial score (nSPS) is 18.5. The molecule has 1 saturated heterocycles. The zero-order chi connectivity index (χ0) is 13.1. The van der Waals surface area contributed by atoms with E-state index in [1.165, 1.54) is 7.11 Å². The van der Waals surface area contributed by atoms with Gasteiger partial charge < -0.3 is 9.64 Å². The molecule has 0 radical (unpaired) electrons. The number of ether oxygens (including phenoxy) is 1. The van der Waals surface area contributed by atoms with Gasteiger partial charge in [0.2, 0.25) is 0 Å². The van der Waals surface area contributed by atoms with Crippen molar-refractivity contribution in [2.24, 2.45) is 0 Å². The molecule has 2 heterocycles. The smallest absolute Gasteiger partial charge is 0.328 e. The van der Waals surface area contributed by atoms with E-state index in [1.807, 2.05) is 11.8 Å². The number of rotatable bonds is 2. The molecule has 0 spiro atoms. The molecule has 94 valence electrons. The van der Waals surface area contributed by atoms with E-state index in [0.29, 0.717) is 11.4 Å². The van der Waals surface area contributed by atoms with Crippen LogP contribution in [0.1, 0.15) is 24.1 Å². The molecule has 5 heteroatoms. The summed E-state index contributed by atoms with van der Waals surface area (Å²) in [5.74, 6) is 0.439. The molecule has 0 amide bonds. The largest absolute Gasteiger partial charge is 0.467 e. The van der Waals surface area contributed by atoms with E-state index >= 15 is 0 Å². The number of nitriles is 1. The zero-order valence-electron chi connectivity index (χ0n) is 10.5. The number of nitrogens with zero attached hydrogens (tertiary/aromatic N) is 3. The Kier molecular flexibility index (Phi) is 3.47. The second-order valence-corrected chi connectivity index (χ2v) is 4.34. The molecule has 0 bridgehead atoms. The lowest BCUT2D eigenvalue weighted by molar-refractivity contribution is -0.141. The molecule has 1 unspecified atom stereocenters. The average molecular weight is 245 g/mol. The molecule has 0 saturated carbocycles. The fourth-order valence-electron chi connectivity index (χ4n) is 2.28. The minimum Gasteiger partial charge on any atom is -0.467 e. The number of pyridine rings is 1. The number of hydrogen-bond acceptors (Lipinski definition) is 5. The van der Waals surface area contributed by atoms with Crippen LogP contribution in [0, 0.1) is 18.3 Å². The first-order valence-electron chi connectivity index (χ1n) is 5.89. The molecule has 2 rings (SSSR count). The number of hydrogen-bond donors (Lipinski definition) is 0. The predicted octanol–water partition coefficient (Wildman–Crippen LogP) is 1.40. The van der Waals surface area contributed by atoms with E-state index in [1.54, 1.807) is 12.1 Å². The molecule has 0 N–H and O–H groups in total.